The van der Waals surface area contributed by atoms with E-state index >= 15 is 0 Å². The van der Waals surface area contributed by atoms with Crippen LogP contribution in [0.4, 0.5) is 10.5 Å². The summed E-state index contributed by atoms with van der Waals surface area (Å²) in [5.41, 5.74) is 5.86. The predicted octanol–water partition coefficient (Wildman–Crippen LogP) is 1.60. The summed E-state index contributed by atoms with van der Waals surface area (Å²) in [6.45, 7) is 2.51. The third-order valence-corrected chi connectivity index (χ3v) is 1.85. The molecule has 0 aliphatic rings. The Hall–Kier alpha value is -1.71. The van der Waals surface area contributed by atoms with Crippen molar-refractivity contribution in [3.05, 3.63) is 24.3 Å². The number of amides is 2. The second-order valence-electron chi connectivity index (χ2n) is 2.83. The molecule has 14 heavy (non-hydrogen) atoms. The third kappa shape index (κ3) is 2.39. The molecule has 0 saturated carbocycles. The molecule has 0 saturated heterocycles. The Morgan fingerprint density at radius 1 is 1.57 bits per heavy atom. The topological polar surface area (TPSA) is 55.6 Å². The van der Waals surface area contributed by atoms with E-state index in [2.05, 4.69) is 0 Å². The van der Waals surface area contributed by atoms with Gasteiger partial charge in [0, 0.05) is 18.8 Å². The number of carbonyl (C=O) groups is 1. The second-order valence-corrected chi connectivity index (χ2v) is 2.83. The molecule has 0 atom stereocenters. The number of hydrogen-bond acceptors (Lipinski definition) is 2. The van der Waals surface area contributed by atoms with Crippen LogP contribution in [-0.2, 0) is 0 Å². The van der Waals surface area contributed by atoms with Gasteiger partial charge in [0.05, 0.1) is 6.61 Å². The lowest BCUT2D eigenvalue weighted by Crippen LogP contribution is -2.31. The van der Waals surface area contributed by atoms with Crippen molar-refractivity contribution in [2.75, 3.05) is 18.6 Å². The smallest absolute Gasteiger partial charge is 0.318 e. The maximum Gasteiger partial charge on any atom is 0.318 e. The van der Waals surface area contributed by atoms with Gasteiger partial charge in [-0.25, -0.2) is 4.79 Å². The largest absolute Gasteiger partial charge is 0.494 e. The summed E-state index contributed by atoms with van der Waals surface area (Å²) in [5, 5.41) is 0. The van der Waals surface area contributed by atoms with Gasteiger partial charge in [0.1, 0.15) is 5.75 Å². The quantitative estimate of drug-likeness (QED) is 0.794. The molecule has 1 rings (SSSR count). The van der Waals surface area contributed by atoms with Gasteiger partial charge in [-0.15, -0.1) is 0 Å². The average Bonchev–Trinajstić information content (AvgIpc) is 2.17. The van der Waals surface area contributed by atoms with Gasteiger partial charge in [-0.1, -0.05) is 6.07 Å². The lowest BCUT2D eigenvalue weighted by molar-refractivity contribution is 0.255. The lowest BCUT2D eigenvalue weighted by Gasteiger charge is -2.15. The fourth-order valence-electron chi connectivity index (χ4n) is 1.08. The Bertz CT molecular complexity index is 326. The highest BCUT2D eigenvalue weighted by Gasteiger charge is 2.06. The number of primary amides is 1. The molecule has 76 valence electrons. The molecule has 1 aromatic carbocycles. The summed E-state index contributed by atoms with van der Waals surface area (Å²) in [5.74, 6) is 0.734. The number of rotatable bonds is 3. The SMILES string of the molecule is CCOc1cccc(N(C)C(N)=O)c1. The third-order valence-electron chi connectivity index (χ3n) is 1.85. The molecule has 0 aliphatic carbocycles. The van der Waals surface area contributed by atoms with Crippen molar-refractivity contribution in [3.63, 3.8) is 0 Å². The molecule has 4 heteroatoms. The predicted molar refractivity (Wildman–Crippen MR) is 55.6 cm³/mol. The molecule has 0 heterocycles. The minimum Gasteiger partial charge on any atom is -0.494 e. The molecule has 0 fully saturated rings. The van der Waals surface area contributed by atoms with E-state index in [1.165, 1.54) is 4.90 Å². The number of benzene rings is 1. The van der Waals surface area contributed by atoms with Gasteiger partial charge < -0.3 is 10.5 Å². The first-order valence-corrected chi connectivity index (χ1v) is 4.41. The molecule has 4 nitrogen and oxygen atoms in total. The molecular formula is C10H14N2O2. The van der Waals surface area contributed by atoms with Crippen molar-refractivity contribution >= 4 is 11.7 Å². The summed E-state index contributed by atoms with van der Waals surface area (Å²) < 4.78 is 5.30. The van der Waals surface area contributed by atoms with Crippen LogP contribution in [-0.4, -0.2) is 19.7 Å². The van der Waals surface area contributed by atoms with Crippen molar-refractivity contribution in [2.45, 2.75) is 6.92 Å². The monoisotopic (exact) mass is 194 g/mol. The molecule has 2 N–H and O–H groups in total. The second kappa shape index (κ2) is 4.50. The summed E-state index contributed by atoms with van der Waals surface area (Å²) >= 11 is 0. The molecule has 0 aromatic heterocycles. The standard InChI is InChI=1S/C10H14N2O2/c1-3-14-9-6-4-5-8(7-9)12(2)10(11)13/h4-7H,3H2,1-2H3,(H2,11,13). The number of carbonyl (C=O) groups excluding carboxylic acids is 1. The Balaban J connectivity index is 2.87. The Morgan fingerprint density at radius 2 is 2.29 bits per heavy atom. The number of urea groups is 1. The molecule has 0 spiro atoms. The van der Waals surface area contributed by atoms with Crippen LogP contribution in [0.2, 0.25) is 0 Å². The Labute approximate surface area is 83.3 Å². The first-order chi connectivity index (χ1) is 6.65. The van der Waals surface area contributed by atoms with Gasteiger partial charge in [0.25, 0.3) is 0 Å². The van der Waals surface area contributed by atoms with E-state index in [-0.39, 0.29) is 0 Å². The van der Waals surface area contributed by atoms with E-state index in [0.29, 0.717) is 6.61 Å². The van der Waals surface area contributed by atoms with Crippen LogP contribution >= 0.6 is 0 Å². The van der Waals surface area contributed by atoms with Crippen LogP contribution in [0.25, 0.3) is 0 Å². The normalized spacial score (nSPS) is 9.57. The van der Waals surface area contributed by atoms with Gasteiger partial charge in [-0.3, -0.25) is 4.90 Å². The zero-order valence-corrected chi connectivity index (χ0v) is 8.36. The van der Waals surface area contributed by atoms with Crippen molar-refractivity contribution in [2.24, 2.45) is 5.73 Å². The zero-order valence-electron chi connectivity index (χ0n) is 8.36. The number of hydrogen-bond donors (Lipinski definition) is 1. The molecule has 0 unspecified atom stereocenters. The van der Waals surface area contributed by atoms with Gasteiger partial charge in [-0.05, 0) is 19.1 Å². The highest BCUT2D eigenvalue weighted by atomic mass is 16.5. The van der Waals surface area contributed by atoms with Gasteiger partial charge >= 0.3 is 6.03 Å². The molecule has 0 bridgehead atoms. The van der Waals surface area contributed by atoms with E-state index in [9.17, 15) is 4.79 Å². The van der Waals surface area contributed by atoms with E-state index in [4.69, 9.17) is 10.5 Å². The van der Waals surface area contributed by atoms with Gasteiger partial charge in [0.15, 0.2) is 0 Å². The minimum absolute atomic E-state index is 0.487. The van der Waals surface area contributed by atoms with Crippen molar-refractivity contribution in [3.8, 4) is 5.75 Å². The van der Waals surface area contributed by atoms with E-state index in [1.54, 1.807) is 19.2 Å². The van der Waals surface area contributed by atoms with Crippen LogP contribution < -0.4 is 15.4 Å². The van der Waals surface area contributed by atoms with Crippen LogP contribution in [0, 0.1) is 0 Å². The molecule has 0 aliphatic heterocycles. The highest BCUT2D eigenvalue weighted by molar-refractivity contribution is 5.90. The Morgan fingerprint density at radius 3 is 2.86 bits per heavy atom. The summed E-state index contributed by atoms with van der Waals surface area (Å²) in [7, 11) is 1.62. The number of ether oxygens (including phenoxy) is 1. The van der Waals surface area contributed by atoms with Crippen molar-refractivity contribution in [1.82, 2.24) is 0 Å². The average molecular weight is 194 g/mol. The maximum atomic E-state index is 10.9. The number of anilines is 1. The molecular weight excluding hydrogens is 180 g/mol. The minimum atomic E-state index is -0.487. The van der Waals surface area contributed by atoms with Crippen molar-refractivity contribution < 1.29 is 9.53 Å². The molecule has 2 amide bonds. The number of nitrogens with two attached hydrogens (primary N) is 1. The van der Waals surface area contributed by atoms with Crippen LogP contribution in [0.1, 0.15) is 6.92 Å². The zero-order chi connectivity index (χ0) is 10.6. The first-order valence-electron chi connectivity index (χ1n) is 4.41. The van der Waals surface area contributed by atoms with Crippen molar-refractivity contribution in [1.29, 1.82) is 0 Å². The van der Waals surface area contributed by atoms with Crippen LogP contribution in [0.15, 0.2) is 24.3 Å². The molecule has 0 radical (unpaired) electrons. The van der Waals surface area contributed by atoms with Crippen LogP contribution in [0.5, 0.6) is 5.75 Å². The molecule has 1 aromatic rings. The van der Waals surface area contributed by atoms with Gasteiger partial charge in [0.2, 0.25) is 0 Å². The summed E-state index contributed by atoms with van der Waals surface area (Å²) in [4.78, 5) is 12.2. The van der Waals surface area contributed by atoms with Crippen LogP contribution in [0.3, 0.4) is 0 Å². The highest BCUT2D eigenvalue weighted by Crippen LogP contribution is 2.19. The summed E-state index contributed by atoms with van der Waals surface area (Å²) in [6.07, 6.45) is 0. The van der Waals surface area contributed by atoms with Gasteiger partial charge in [-0.2, -0.15) is 0 Å². The number of nitrogens with zero attached hydrogens (tertiary/aromatic N) is 1. The van der Waals surface area contributed by atoms with E-state index < -0.39 is 6.03 Å². The van der Waals surface area contributed by atoms with E-state index in [0.717, 1.165) is 11.4 Å². The maximum absolute atomic E-state index is 10.9. The Kier molecular flexibility index (Phi) is 3.34. The fourth-order valence-corrected chi connectivity index (χ4v) is 1.08. The summed E-state index contributed by atoms with van der Waals surface area (Å²) in [6, 6.07) is 6.74. The fraction of sp³-hybridized carbons (Fsp3) is 0.300. The van der Waals surface area contributed by atoms with E-state index in [1.807, 2.05) is 19.1 Å². The lowest BCUT2D eigenvalue weighted by atomic mass is 10.3. The first kappa shape index (κ1) is 10.4.